The van der Waals surface area contributed by atoms with Crippen molar-refractivity contribution in [2.24, 2.45) is 0 Å². The van der Waals surface area contributed by atoms with Gasteiger partial charge in [0.15, 0.2) is 0 Å². The van der Waals surface area contributed by atoms with Crippen LogP contribution in [0, 0.1) is 0 Å². The van der Waals surface area contributed by atoms with E-state index in [1.165, 1.54) is 22.9 Å². The lowest BCUT2D eigenvalue weighted by Gasteiger charge is -2.43. The minimum Gasteiger partial charge on any atom is -0.480 e. The predicted molar refractivity (Wildman–Crippen MR) is 94.7 cm³/mol. The fourth-order valence-electron chi connectivity index (χ4n) is 3.11. The number of rotatable bonds is 4. The monoisotopic (exact) mass is 361 g/mol. The molecular formula is C17H19N3O4S. The SMILES string of the molecule is CC1(C)S[C@@H]2[C@H](NC(=O)NC=Cc3ccccc3)C(=O)N2[C@H]1C(=O)O. The minimum absolute atomic E-state index is 0.354. The van der Waals surface area contributed by atoms with Crippen LogP contribution >= 0.6 is 11.8 Å². The Bertz CT molecular complexity index is 735. The Morgan fingerprint density at radius 3 is 2.60 bits per heavy atom. The Morgan fingerprint density at radius 2 is 1.96 bits per heavy atom. The Kier molecular flexibility index (Phi) is 4.47. The van der Waals surface area contributed by atoms with Crippen LogP contribution in [0.5, 0.6) is 0 Å². The molecule has 0 bridgehead atoms. The van der Waals surface area contributed by atoms with E-state index in [0.29, 0.717) is 0 Å². The van der Waals surface area contributed by atoms with Crippen LogP contribution in [0.15, 0.2) is 36.5 Å². The highest BCUT2D eigenvalue weighted by atomic mass is 32.2. The van der Waals surface area contributed by atoms with Gasteiger partial charge in [-0.3, -0.25) is 4.79 Å². The maximum atomic E-state index is 12.3. The molecule has 2 aliphatic heterocycles. The number of thioether (sulfide) groups is 1. The number of carboxylic acids is 1. The van der Waals surface area contributed by atoms with Crippen LogP contribution in [0.1, 0.15) is 19.4 Å². The summed E-state index contributed by atoms with van der Waals surface area (Å²) in [5, 5.41) is 14.2. The minimum atomic E-state index is -1.03. The van der Waals surface area contributed by atoms with Gasteiger partial charge in [0.1, 0.15) is 17.5 Å². The number of carbonyl (C=O) groups excluding carboxylic acids is 2. The van der Waals surface area contributed by atoms with Gasteiger partial charge in [0.25, 0.3) is 0 Å². The van der Waals surface area contributed by atoms with Crippen LogP contribution < -0.4 is 10.6 Å². The number of aliphatic carboxylic acids is 1. The molecule has 1 aromatic carbocycles. The van der Waals surface area contributed by atoms with Gasteiger partial charge in [0.05, 0.1) is 0 Å². The van der Waals surface area contributed by atoms with E-state index in [4.69, 9.17) is 0 Å². The molecule has 3 amide bonds. The molecule has 3 rings (SSSR count). The number of carbonyl (C=O) groups is 3. The topological polar surface area (TPSA) is 98.7 Å². The molecule has 0 aliphatic carbocycles. The molecule has 132 valence electrons. The molecule has 0 spiro atoms. The number of benzene rings is 1. The maximum absolute atomic E-state index is 12.3. The number of hydrogen-bond donors (Lipinski definition) is 3. The summed E-state index contributed by atoms with van der Waals surface area (Å²) in [5.41, 5.74) is 0.936. The first-order valence-corrected chi connectivity index (χ1v) is 8.70. The second kappa shape index (κ2) is 6.44. The smallest absolute Gasteiger partial charge is 0.327 e. The van der Waals surface area contributed by atoms with Gasteiger partial charge >= 0.3 is 12.0 Å². The van der Waals surface area contributed by atoms with Crippen molar-refractivity contribution >= 4 is 35.7 Å². The van der Waals surface area contributed by atoms with Crippen molar-refractivity contribution in [1.82, 2.24) is 15.5 Å². The highest BCUT2D eigenvalue weighted by molar-refractivity contribution is 8.01. The Morgan fingerprint density at radius 1 is 1.28 bits per heavy atom. The van der Waals surface area contributed by atoms with Gasteiger partial charge in [-0.2, -0.15) is 0 Å². The first-order valence-electron chi connectivity index (χ1n) is 7.83. The Balaban J connectivity index is 1.58. The molecule has 7 nitrogen and oxygen atoms in total. The number of amides is 3. The molecule has 3 N–H and O–H groups in total. The summed E-state index contributed by atoms with van der Waals surface area (Å²) < 4.78 is -0.605. The molecular weight excluding hydrogens is 342 g/mol. The standard InChI is InChI=1S/C17H19N3O4S/c1-17(2)12(15(22)23)20-13(21)11(14(20)25-17)19-16(24)18-9-8-10-6-4-3-5-7-10/h3-9,11-12,14H,1-2H3,(H,22,23)(H2,18,19,24)/t11-,12+,14-/m1/s1. The number of nitrogens with one attached hydrogen (secondary N) is 2. The van der Waals surface area contributed by atoms with Gasteiger partial charge in [-0.25, -0.2) is 9.59 Å². The summed E-state index contributed by atoms with van der Waals surface area (Å²) in [5.74, 6) is -1.39. The third kappa shape index (κ3) is 3.21. The van der Waals surface area contributed by atoms with Crippen molar-refractivity contribution < 1.29 is 19.5 Å². The van der Waals surface area contributed by atoms with Crippen LogP contribution in [-0.4, -0.2) is 50.1 Å². The molecule has 2 saturated heterocycles. The molecule has 0 aromatic heterocycles. The molecule has 8 heteroatoms. The van der Waals surface area contributed by atoms with Crippen molar-refractivity contribution in [2.75, 3.05) is 0 Å². The van der Waals surface area contributed by atoms with E-state index in [2.05, 4.69) is 10.6 Å². The third-order valence-electron chi connectivity index (χ3n) is 4.25. The van der Waals surface area contributed by atoms with Crippen LogP contribution in [0.4, 0.5) is 4.79 Å². The quantitative estimate of drug-likeness (QED) is 0.706. The van der Waals surface area contributed by atoms with E-state index in [0.717, 1.165) is 5.56 Å². The van der Waals surface area contributed by atoms with Crippen LogP contribution in [0.2, 0.25) is 0 Å². The molecule has 2 fully saturated rings. The summed E-state index contributed by atoms with van der Waals surface area (Å²) in [4.78, 5) is 37.0. The highest BCUT2D eigenvalue weighted by Gasteiger charge is 2.64. The molecule has 2 aliphatic rings. The number of hydrogen-bond acceptors (Lipinski definition) is 4. The van der Waals surface area contributed by atoms with Crippen molar-refractivity contribution in [1.29, 1.82) is 0 Å². The largest absolute Gasteiger partial charge is 0.480 e. The van der Waals surface area contributed by atoms with Gasteiger partial charge in [0, 0.05) is 10.9 Å². The maximum Gasteiger partial charge on any atom is 0.327 e. The van der Waals surface area contributed by atoms with Crippen molar-refractivity contribution in [2.45, 2.75) is 36.1 Å². The number of β-lactam (4-membered cyclic amide) rings is 1. The van der Waals surface area contributed by atoms with E-state index in [1.54, 1.807) is 19.9 Å². The van der Waals surface area contributed by atoms with Gasteiger partial charge in [-0.15, -0.1) is 11.8 Å². The summed E-state index contributed by atoms with van der Waals surface area (Å²) in [7, 11) is 0. The summed E-state index contributed by atoms with van der Waals surface area (Å²) in [6.45, 7) is 3.59. The molecule has 0 unspecified atom stereocenters. The van der Waals surface area contributed by atoms with E-state index in [9.17, 15) is 19.5 Å². The highest BCUT2D eigenvalue weighted by Crippen LogP contribution is 2.50. The number of fused-ring (bicyclic) bond motifs is 1. The molecule has 0 saturated carbocycles. The van der Waals surface area contributed by atoms with Gasteiger partial charge < -0.3 is 20.6 Å². The Labute approximate surface area is 149 Å². The predicted octanol–water partition coefficient (Wildman–Crippen LogP) is 1.47. The average molecular weight is 361 g/mol. The van der Waals surface area contributed by atoms with Crippen LogP contribution in [-0.2, 0) is 9.59 Å². The zero-order valence-electron chi connectivity index (χ0n) is 13.8. The van der Waals surface area contributed by atoms with E-state index in [1.807, 2.05) is 30.3 Å². The summed E-state index contributed by atoms with van der Waals surface area (Å²) >= 11 is 1.39. The molecule has 25 heavy (non-hydrogen) atoms. The second-order valence-electron chi connectivity index (χ2n) is 6.44. The van der Waals surface area contributed by atoms with E-state index in [-0.39, 0.29) is 11.3 Å². The van der Waals surface area contributed by atoms with Gasteiger partial charge in [0.2, 0.25) is 5.91 Å². The van der Waals surface area contributed by atoms with Crippen LogP contribution in [0.25, 0.3) is 6.08 Å². The summed E-state index contributed by atoms with van der Waals surface area (Å²) in [6.07, 6.45) is 3.24. The molecule has 2 heterocycles. The lowest BCUT2D eigenvalue weighted by molar-refractivity contribution is -0.159. The Hall–Kier alpha value is -2.48. The second-order valence-corrected chi connectivity index (χ2v) is 8.21. The first-order chi connectivity index (χ1) is 11.8. The molecule has 1 aromatic rings. The zero-order valence-corrected chi connectivity index (χ0v) is 14.6. The fourth-order valence-corrected chi connectivity index (χ4v) is 4.73. The molecule has 0 radical (unpaired) electrons. The van der Waals surface area contributed by atoms with E-state index < -0.39 is 28.8 Å². The van der Waals surface area contributed by atoms with Crippen molar-refractivity contribution in [3.8, 4) is 0 Å². The van der Waals surface area contributed by atoms with Crippen LogP contribution in [0.3, 0.4) is 0 Å². The van der Waals surface area contributed by atoms with Crippen molar-refractivity contribution in [3.05, 3.63) is 42.1 Å². The number of nitrogens with zero attached hydrogens (tertiary/aromatic N) is 1. The normalized spacial score (nSPS) is 26.9. The van der Waals surface area contributed by atoms with Crippen molar-refractivity contribution in [3.63, 3.8) is 0 Å². The lowest BCUT2D eigenvalue weighted by Crippen LogP contribution is -2.71. The summed E-state index contributed by atoms with van der Waals surface area (Å²) in [6, 6.07) is 7.38. The van der Waals surface area contributed by atoms with E-state index >= 15 is 0 Å². The zero-order chi connectivity index (χ0) is 18.2. The number of urea groups is 1. The average Bonchev–Trinajstić information content (AvgIpc) is 2.82. The molecule has 3 atom stereocenters. The fraction of sp³-hybridized carbons (Fsp3) is 0.353. The van der Waals surface area contributed by atoms with Gasteiger partial charge in [-0.1, -0.05) is 30.3 Å². The number of carboxylic acid groups (broad SMARTS) is 1. The first kappa shape index (κ1) is 17.3. The lowest BCUT2D eigenvalue weighted by atomic mass is 9.96. The van der Waals surface area contributed by atoms with Gasteiger partial charge in [-0.05, 0) is 25.5 Å². The third-order valence-corrected chi connectivity index (χ3v) is 5.82.